The Kier molecular flexibility index (Phi) is 7.54. The zero-order chi connectivity index (χ0) is 15.8. The van der Waals surface area contributed by atoms with E-state index in [0.29, 0.717) is 12.1 Å². The summed E-state index contributed by atoms with van der Waals surface area (Å²) in [5.41, 5.74) is 0. The molecule has 3 nitrogen and oxygen atoms in total. The van der Waals surface area contributed by atoms with Gasteiger partial charge in [0.2, 0.25) is 0 Å². The SMILES string of the molecule is CCCCN(C)/C(=N/C1CCCCC1)N(C)C1CCCCC1. The Balaban J connectivity index is 2.06. The van der Waals surface area contributed by atoms with Crippen LogP contribution in [0.3, 0.4) is 0 Å². The second-order valence-corrected chi connectivity index (χ2v) is 7.40. The maximum atomic E-state index is 5.23. The highest BCUT2D eigenvalue weighted by molar-refractivity contribution is 5.80. The molecule has 3 heteroatoms. The molecule has 0 aliphatic heterocycles. The van der Waals surface area contributed by atoms with Gasteiger partial charge in [-0.15, -0.1) is 0 Å². The lowest BCUT2D eigenvalue weighted by molar-refractivity contribution is 0.247. The average molecular weight is 308 g/mol. The Hall–Kier alpha value is -0.730. The summed E-state index contributed by atoms with van der Waals surface area (Å²) in [6, 6.07) is 1.28. The van der Waals surface area contributed by atoms with Crippen molar-refractivity contribution in [2.75, 3.05) is 20.6 Å². The lowest BCUT2D eigenvalue weighted by atomic mass is 9.94. The van der Waals surface area contributed by atoms with Crippen molar-refractivity contribution in [3.63, 3.8) is 0 Å². The van der Waals surface area contributed by atoms with Crippen LogP contribution in [-0.4, -0.2) is 48.5 Å². The molecule has 0 aromatic carbocycles. The summed E-state index contributed by atoms with van der Waals surface area (Å²) >= 11 is 0. The van der Waals surface area contributed by atoms with Gasteiger partial charge >= 0.3 is 0 Å². The van der Waals surface area contributed by atoms with E-state index >= 15 is 0 Å². The Morgan fingerprint density at radius 1 is 0.909 bits per heavy atom. The summed E-state index contributed by atoms with van der Waals surface area (Å²) in [5, 5.41) is 0. The van der Waals surface area contributed by atoms with Gasteiger partial charge in [0.15, 0.2) is 5.96 Å². The van der Waals surface area contributed by atoms with E-state index in [1.54, 1.807) is 0 Å². The first-order valence-corrected chi connectivity index (χ1v) is 9.74. The minimum absolute atomic E-state index is 0.568. The third-order valence-corrected chi connectivity index (χ3v) is 5.50. The van der Waals surface area contributed by atoms with Crippen molar-refractivity contribution < 1.29 is 0 Å². The Labute approximate surface area is 138 Å². The number of hydrogen-bond donors (Lipinski definition) is 0. The Bertz CT molecular complexity index is 328. The molecule has 2 rings (SSSR count). The van der Waals surface area contributed by atoms with Crippen LogP contribution in [0.1, 0.15) is 84.0 Å². The van der Waals surface area contributed by atoms with Crippen molar-refractivity contribution in [3.05, 3.63) is 0 Å². The van der Waals surface area contributed by atoms with Crippen LogP contribution in [-0.2, 0) is 0 Å². The number of rotatable bonds is 5. The van der Waals surface area contributed by atoms with Crippen molar-refractivity contribution in [2.45, 2.75) is 96.1 Å². The first-order valence-electron chi connectivity index (χ1n) is 9.74. The van der Waals surface area contributed by atoms with Gasteiger partial charge in [0.05, 0.1) is 6.04 Å². The van der Waals surface area contributed by atoms with E-state index in [4.69, 9.17) is 4.99 Å². The fraction of sp³-hybridized carbons (Fsp3) is 0.947. The monoisotopic (exact) mass is 307 g/mol. The van der Waals surface area contributed by atoms with Gasteiger partial charge in [0, 0.05) is 26.7 Å². The number of aliphatic imine (C=N–C) groups is 1. The zero-order valence-corrected chi connectivity index (χ0v) is 15.2. The average Bonchev–Trinajstić information content (AvgIpc) is 2.58. The van der Waals surface area contributed by atoms with Gasteiger partial charge in [-0.1, -0.05) is 51.9 Å². The number of guanidine groups is 1. The summed E-state index contributed by atoms with van der Waals surface area (Å²) < 4.78 is 0. The third kappa shape index (κ3) is 5.17. The predicted octanol–water partition coefficient (Wildman–Crippen LogP) is 4.67. The molecule has 0 atom stereocenters. The van der Waals surface area contributed by atoms with Crippen LogP contribution in [0.5, 0.6) is 0 Å². The molecule has 0 N–H and O–H groups in total. The second kappa shape index (κ2) is 9.42. The van der Waals surface area contributed by atoms with Gasteiger partial charge in [0.25, 0.3) is 0 Å². The zero-order valence-electron chi connectivity index (χ0n) is 15.2. The topological polar surface area (TPSA) is 18.8 Å². The van der Waals surface area contributed by atoms with E-state index < -0.39 is 0 Å². The lowest BCUT2D eigenvalue weighted by Gasteiger charge is -2.38. The molecule has 0 amide bonds. The quantitative estimate of drug-likeness (QED) is 0.543. The molecule has 0 saturated heterocycles. The molecular weight excluding hydrogens is 270 g/mol. The van der Waals surface area contributed by atoms with E-state index in [0.717, 1.165) is 6.54 Å². The van der Waals surface area contributed by atoms with Crippen molar-refractivity contribution in [3.8, 4) is 0 Å². The van der Waals surface area contributed by atoms with Crippen LogP contribution in [0.4, 0.5) is 0 Å². The second-order valence-electron chi connectivity index (χ2n) is 7.40. The molecule has 2 aliphatic carbocycles. The van der Waals surface area contributed by atoms with E-state index in [1.165, 1.54) is 83.0 Å². The maximum Gasteiger partial charge on any atom is 0.196 e. The van der Waals surface area contributed by atoms with Gasteiger partial charge in [-0.2, -0.15) is 0 Å². The van der Waals surface area contributed by atoms with Crippen molar-refractivity contribution in [1.82, 2.24) is 9.80 Å². The molecule has 0 aromatic rings. The van der Waals surface area contributed by atoms with E-state index in [-0.39, 0.29) is 0 Å². The molecule has 2 fully saturated rings. The highest BCUT2D eigenvalue weighted by Gasteiger charge is 2.24. The van der Waals surface area contributed by atoms with Gasteiger partial charge < -0.3 is 9.80 Å². The number of hydrogen-bond acceptors (Lipinski definition) is 1. The highest BCUT2D eigenvalue weighted by atomic mass is 15.4. The summed E-state index contributed by atoms with van der Waals surface area (Å²) in [6.07, 6.45) is 16.2. The normalized spacial score (nSPS) is 21.9. The summed E-state index contributed by atoms with van der Waals surface area (Å²) in [4.78, 5) is 10.2. The van der Waals surface area contributed by atoms with E-state index in [9.17, 15) is 0 Å². The maximum absolute atomic E-state index is 5.23. The Morgan fingerprint density at radius 3 is 2.09 bits per heavy atom. The fourth-order valence-corrected chi connectivity index (χ4v) is 3.96. The third-order valence-electron chi connectivity index (χ3n) is 5.50. The van der Waals surface area contributed by atoms with Crippen LogP contribution in [0.25, 0.3) is 0 Å². The summed E-state index contributed by atoms with van der Waals surface area (Å²) in [5.74, 6) is 1.27. The predicted molar refractivity (Wildman–Crippen MR) is 96.5 cm³/mol. The molecule has 2 saturated carbocycles. The molecular formula is C19H37N3. The number of nitrogens with zero attached hydrogens (tertiary/aromatic N) is 3. The van der Waals surface area contributed by atoms with Gasteiger partial charge in [-0.3, -0.25) is 0 Å². The molecule has 2 aliphatic rings. The van der Waals surface area contributed by atoms with E-state index in [1.807, 2.05) is 0 Å². The molecule has 0 spiro atoms. The molecule has 0 heterocycles. The summed E-state index contributed by atoms with van der Waals surface area (Å²) in [6.45, 7) is 3.41. The summed E-state index contributed by atoms with van der Waals surface area (Å²) in [7, 11) is 4.54. The van der Waals surface area contributed by atoms with Crippen LogP contribution in [0.15, 0.2) is 4.99 Å². The first kappa shape index (κ1) is 17.6. The fourth-order valence-electron chi connectivity index (χ4n) is 3.96. The molecule has 0 unspecified atom stereocenters. The molecule has 0 bridgehead atoms. The standard InChI is InChI=1S/C19H37N3/c1-4-5-16-21(2)19(20-17-12-8-6-9-13-17)22(3)18-14-10-7-11-15-18/h17-18H,4-16H2,1-3H3/b20-19-. The smallest absolute Gasteiger partial charge is 0.196 e. The van der Waals surface area contributed by atoms with Gasteiger partial charge in [-0.25, -0.2) is 4.99 Å². The molecule has 0 radical (unpaired) electrons. The van der Waals surface area contributed by atoms with Crippen molar-refractivity contribution >= 4 is 5.96 Å². The molecule has 128 valence electrons. The minimum Gasteiger partial charge on any atom is -0.346 e. The van der Waals surface area contributed by atoms with Gasteiger partial charge in [-0.05, 0) is 32.1 Å². The largest absolute Gasteiger partial charge is 0.346 e. The van der Waals surface area contributed by atoms with Crippen LogP contribution in [0.2, 0.25) is 0 Å². The molecule has 22 heavy (non-hydrogen) atoms. The van der Waals surface area contributed by atoms with Crippen LogP contribution >= 0.6 is 0 Å². The van der Waals surface area contributed by atoms with Crippen LogP contribution in [0, 0.1) is 0 Å². The first-order chi connectivity index (χ1) is 10.7. The van der Waals surface area contributed by atoms with Crippen molar-refractivity contribution in [2.24, 2.45) is 4.99 Å². The highest BCUT2D eigenvalue weighted by Crippen LogP contribution is 2.25. The van der Waals surface area contributed by atoms with E-state index in [2.05, 4.69) is 30.8 Å². The lowest BCUT2D eigenvalue weighted by Crippen LogP contribution is -2.47. The Morgan fingerprint density at radius 2 is 1.50 bits per heavy atom. The van der Waals surface area contributed by atoms with Crippen LogP contribution < -0.4 is 0 Å². The molecule has 0 aromatic heterocycles. The number of unbranched alkanes of at least 4 members (excludes halogenated alkanes) is 1. The van der Waals surface area contributed by atoms with Crippen molar-refractivity contribution in [1.29, 1.82) is 0 Å². The van der Waals surface area contributed by atoms with Gasteiger partial charge in [0.1, 0.15) is 0 Å². The minimum atomic E-state index is 0.568.